The number of amides is 2. The van der Waals surface area contributed by atoms with E-state index in [1.54, 1.807) is 11.3 Å². The van der Waals surface area contributed by atoms with Crippen LogP contribution in [0.15, 0.2) is 53.0 Å². The van der Waals surface area contributed by atoms with E-state index in [1.165, 1.54) is 16.7 Å². The summed E-state index contributed by atoms with van der Waals surface area (Å²) in [6.45, 7) is 0.518. The normalized spacial score (nSPS) is 14.2. The van der Waals surface area contributed by atoms with E-state index in [1.807, 2.05) is 52.4 Å². The largest absolute Gasteiger partial charge is 0.282 e. The maximum absolute atomic E-state index is 12.3. The van der Waals surface area contributed by atoms with Crippen LogP contribution in [-0.4, -0.2) is 43.8 Å². The molecule has 132 valence electrons. The van der Waals surface area contributed by atoms with Gasteiger partial charge in [-0.1, -0.05) is 36.0 Å². The molecule has 26 heavy (non-hydrogen) atoms. The van der Waals surface area contributed by atoms with E-state index < -0.39 is 0 Å². The molecule has 1 saturated heterocycles. The number of hydrogen-bond donors (Lipinski definition) is 0. The Hall–Kier alpha value is -2.45. The molecule has 0 saturated carbocycles. The van der Waals surface area contributed by atoms with Crippen molar-refractivity contribution >= 4 is 34.9 Å². The second kappa shape index (κ2) is 7.43. The highest BCUT2D eigenvalue weighted by Gasteiger charge is 2.27. The van der Waals surface area contributed by atoms with Gasteiger partial charge in [-0.3, -0.25) is 19.1 Å². The van der Waals surface area contributed by atoms with Crippen LogP contribution >= 0.6 is 23.1 Å². The minimum atomic E-state index is -0.169. The van der Waals surface area contributed by atoms with Crippen LogP contribution in [0.5, 0.6) is 0 Å². The first-order valence-electron chi connectivity index (χ1n) is 8.25. The van der Waals surface area contributed by atoms with E-state index in [4.69, 9.17) is 0 Å². The molecular weight excluding hydrogens is 368 g/mol. The second-order valence-corrected chi connectivity index (χ2v) is 7.68. The summed E-state index contributed by atoms with van der Waals surface area (Å²) >= 11 is 2.90. The van der Waals surface area contributed by atoms with Gasteiger partial charge in [0.1, 0.15) is 0 Å². The number of imide groups is 1. The van der Waals surface area contributed by atoms with Crippen LogP contribution in [-0.2, 0) is 9.59 Å². The van der Waals surface area contributed by atoms with Crippen molar-refractivity contribution in [2.45, 2.75) is 18.0 Å². The SMILES string of the molecule is O=C1CCCN1C(=O)CSc1nnc(-c2cccs2)n1-c1ccccc1. The lowest BCUT2D eigenvalue weighted by atomic mass is 10.3. The zero-order valence-corrected chi connectivity index (χ0v) is 15.5. The van der Waals surface area contributed by atoms with Crippen molar-refractivity contribution in [1.29, 1.82) is 0 Å². The van der Waals surface area contributed by atoms with Crippen molar-refractivity contribution in [3.8, 4) is 16.4 Å². The molecule has 3 aromatic rings. The Morgan fingerprint density at radius 3 is 2.69 bits per heavy atom. The molecule has 0 N–H and O–H groups in total. The fourth-order valence-corrected chi connectivity index (χ4v) is 4.38. The van der Waals surface area contributed by atoms with Gasteiger partial charge in [0.2, 0.25) is 11.8 Å². The van der Waals surface area contributed by atoms with Gasteiger partial charge in [-0.15, -0.1) is 21.5 Å². The van der Waals surface area contributed by atoms with Gasteiger partial charge in [-0.2, -0.15) is 0 Å². The van der Waals surface area contributed by atoms with Crippen LogP contribution in [0.1, 0.15) is 12.8 Å². The standard InChI is InChI=1S/C18H16N4O2S2/c23-15-9-4-10-21(15)16(24)12-26-18-20-19-17(14-8-5-11-25-14)22(18)13-6-2-1-3-7-13/h1-3,5-8,11H,4,9-10,12H2. The van der Waals surface area contributed by atoms with Crippen molar-refractivity contribution in [3.63, 3.8) is 0 Å². The van der Waals surface area contributed by atoms with E-state index in [0.29, 0.717) is 18.1 Å². The molecule has 0 atom stereocenters. The predicted octanol–water partition coefficient (Wildman–Crippen LogP) is 3.24. The number of nitrogens with zero attached hydrogens (tertiary/aromatic N) is 4. The first kappa shape index (κ1) is 17.0. The molecule has 1 aromatic carbocycles. The highest BCUT2D eigenvalue weighted by atomic mass is 32.2. The van der Waals surface area contributed by atoms with E-state index >= 15 is 0 Å². The summed E-state index contributed by atoms with van der Waals surface area (Å²) in [7, 11) is 0. The fraction of sp³-hybridized carbons (Fsp3) is 0.222. The molecule has 2 aromatic heterocycles. The van der Waals surface area contributed by atoms with Gasteiger partial charge < -0.3 is 0 Å². The van der Waals surface area contributed by atoms with Crippen LogP contribution in [0.25, 0.3) is 16.4 Å². The van der Waals surface area contributed by atoms with Gasteiger partial charge in [0, 0.05) is 18.7 Å². The lowest BCUT2D eigenvalue weighted by molar-refractivity contribution is -0.140. The quantitative estimate of drug-likeness (QED) is 0.632. The van der Waals surface area contributed by atoms with Crippen molar-refractivity contribution in [2.24, 2.45) is 0 Å². The molecule has 8 heteroatoms. The third-order valence-electron chi connectivity index (χ3n) is 4.09. The van der Waals surface area contributed by atoms with E-state index in [-0.39, 0.29) is 17.6 Å². The van der Waals surface area contributed by atoms with Gasteiger partial charge in [-0.05, 0) is 30.0 Å². The molecule has 1 aliphatic rings. The number of rotatable bonds is 5. The molecular formula is C18H16N4O2S2. The van der Waals surface area contributed by atoms with Crippen molar-refractivity contribution in [1.82, 2.24) is 19.7 Å². The third-order valence-corrected chi connectivity index (χ3v) is 5.87. The van der Waals surface area contributed by atoms with E-state index in [0.717, 1.165) is 22.8 Å². The van der Waals surface area contributed by atoms with Gasteiger partial charge in [0.15, 0.2) is 11.0 Å². The number of thiophene rings is 1. The molecule has 6 nitrogen and oxygen atoms in total. The number of aromatic nitrogens is 3. The lowest BCUT2D eigenvalue weighted by Gasteiger charge is -2.13. The minimum absolute atomic E-state index is 0.0839. The van der Waals surface area contributed by atoms with Gasteiger partial charge >= 0.3 is 0 Å². The summed E-state index contributed by atoms with van der Waals surface area (Å²) < 4.78 is 1.95. The number of likely N-dealkylation sites (tertiary alicyclic amines) is 1. The van der Waals surface area contributed by atoms with Gasteiger partial charge in [0.05, 0.1) is 10.6 Å². The molecule has 4 rings (SSSR count). The van der Waals surface area contributed by atoms with Crippen molar-refractivity contribution < 1.29 is 9.59 Å². The highest BCUT2D eigenvalue weighted by Crippen LogP contribution is 2.30. The molecule has 0 unspecified atom stereocenters. The summed E-state index contributed by atoms with van der Waals surface area (Å²) in [6.07, 6.45) is 1.21. The second-order valence-electron chi connectivity index (χ2n) is 5.79. The monoisotopic (exact) mass is 384 g/mol. The van der Waals surface area contributed by atoms with Gasteiger partial charge in [0.25, 0.3) is 0 Å². The summed E-state index contributed by atoms with van der Waals surface area (Å²) in [6, 6.07) is 13.8. The van der Waals surface area contributed by atoms with E-state index in [2.05, 4.69) is 10.2 Å². The molecule has 3 heterocycles. The van der Waals surface area contributed by atoms with Crippen molar-refractivity contribution in [3.05, 3.63) is 47.8 Å². The molecule has 1 aliphatic heterocycles. The maximum Gasteiger partial charge on any atom is 0.239 e. The van der Waals surface area contributed by atoms with E-state index in [9.17, 15) is 9.59 Å². The summed E-state index contributed by atoms with van der Waals surface area (Å²) in [4.78, 5) is 26.4. The van der Waals surface area contributed by atoms with Crippen LogP contribution in [0, 0.1) is 0 Å². The Bertz CT molecular complexity index is 922. The number of thioether (sulfide) groups is 1. The maximum atomic E-state index is 12.3. The minimum Gasteiger partial charge on any atom is -0.282 e. The van der Waals surface area contributed by atoms with Crippen molar-refractivity contribution in [2.75, 3.05) is 12.3 Å². The smallest absolute Gasteiger partial charge is 0.239 e. The summed E-state index contributed by atoms with van der Waals surface area (Å²) in [5, 5.41) is 11.3. The predicted molar refractivity (Wildman–Crippen MR) is 101 cm³/mol. The number of para-hydroxylation sites is 1. The Kier molecular flexibility index (Phi) is 4.85. The number of hydrogen-bond acceptors (Lipinski definition) is 6. The van der Waals surface area contributed by atoms with Crippen LogP contribution in [0.3, 0.4) is 0 Å². The highest BCUT2D eigenvalue weighted by molar-refractivity contribution is 7.99. The van der Waals surface area contributed by atoms with Gasteiger partial charge in [-0.25, -0.2) is 0 Å². The van der Waals surface area contributed by atoms with Crippen LogP contribution in [0.4, 0.5) is 0 Å². The zero-order valence-electron chi connectivity index (χ0n) is 13.9. The summed E-state index contributed by atoms with van der Waals surface area (Å²) in [5.74, 6) is 0.664. The Balaban J connectivity index is 1.62. The Morgan fingerprint density at radius 2 is 2.00 bits per heavy atom. The Labute approximate surface area is 158 Å². The molecule has 0 aliphatic carbocycles. The number of benzene rings is 1. The molecule has 1 fully saturated rings. The van der Waals surface area contributed by atoms with Crippen LogP contribution in [0.2, 0.25) is 0 Å². The molecule has 2 amide bonds. The first-order chi connectivity index (χ1) is 12.7. The molecule has 0 bridgehead atoms. The first-order valence-corrected chi connectivity index (χ1v) is 10.1. The topological polar surface area (TPSA) is 68.1 Å². The number of carbonyl (C=O) groups is 2. The fourth-order valence-electron chi connectivity index (χ4n) is 2.85. The Morgan fingerprint density at radius 1 is 1.15 bits per heavy atom. The number of carbonyl (C=O) groups excluding carboxylic acids is 2. The van der Waals surface area contributed by atoms with Crippen LogP contribution < -0.4 is 0 Å². The summed E-state index contributed by atoms with van der Waals surface area (Å²) in [5.41, 5.74) is 0.938. The molecule has 0 spiro atoms. The lowest BCUT2D eigenvalue weighted by Crippen LogP contribution is -2.33. The molecule has 0 radical (unpaired) electrons. The average Bonchev–Trinajstić information content (AvgIpc) is 3.40. The third kappa shape index (κ3) is 3.30. The zero-order chi connectivity index (χ0) is 17.9. The average molecular weight is 384 g/mol.